The fourth-order valence-electron chi connectivity index (χ4n) is 2.50. The molecule has 0 bridgehead atoms. The first-order valence-corrected chi connectivity index (χ1v) is 7.78. The van der Waals surface area contributed by atoms with E-state index in [1.54, 1.807) is 30.5 Å². The van der Waals surface area contributed by atoms with Gasteiger partial charge in [0.2, 0.25) is 0 Å². The summed E-state index contributed by atoms with van der Waals surface area (Å²) in [7, 11) is 0. The lowest BCUT2D eigenvalue weighted by molar-refractivity contribution is -0.123. The first-order chi connectivity index (χ1) is 11.7. The Morgan fingerprint density at radius 2 is 1.83 bits per heavy atom. The van der Waals surface area contributed by atoms with Gasteiger partial charge >= 0.3 is 0 Å². The molecule has 0 aliphatic heterocycles. The number of pyridine rings is 1. The maximum Gasteiger partial charge on any atom is 0.257 e. The highest BCUT2D eigenvalue weighted by molar-refractivity contribution is 5.87. The van der Waals surface area contributed by atoms with Crippen LogP contribution in [0.1, 0.15) is 5.56 Å². The molecule has 2 aromatic carbocycles. The zero-order valence-corrected chi connectivity index (χ0v) is 13.1. The molecule has 5 heteroatoms. The Kier molecular flexibility index (Phi) is 4.91. The molecule has 1 aromatic heterocycles. The molecule has 0 aliphatic carbocycles. The molecule has 0 unspecified atom stereocenters. The molecule has 0 aliphatic rings. The molecule has 2 N–H and O–H groups in total. The van der Waals surface area contributed by atoms with Crippen LogP contribution in [0.3, 0.4) is 0 Å². The van der Waals surface area contributed by atoms with Gasteiger partial charge in [-0.05, 0) is 30.2 Å². The molecule has 5 nitrogen and oxygen atoms in total. The topological polar surface area (TPSA) is 71.2 Å². The standard InChI is InChI=1S/C19H18N2O3/c22-18(20-11-9-14-5-2-1-3-6-14)13-24-17-8-4-7-16-15(17)10-12-21-19(16)23/h1-8,10,12H,9,11,13H2,(H,20,22)(H,21,23). The minimum Gasteiger partial charge on any atom is -0.483 e. The van der Waals surface area contributed by atoms with Crippen molar-refractivity contribution in [1.82, 2.24) is 10.3 Å². The smallest absolute Gasteiger partial charge is 0.257 e. The van der Waals surface area contributed by atoms with Crippen LogP contribution in [0.4, 0.5) is 0 Å². The summed E-state index contributed by atoms with van der Waals surface area (Å²) >= 11 is 0. The van der Waals surface area contributed by atoms with Crippen molar-refractivity contribution in [1.29, 1.82) is 0 Å². The Balaban J connectivity index is 1.55. The number of aromatic nitrogens is 1. The fraction of sp³-hybridized carbons (Fsp3) is 0.158. The summed E-state index contributed by atoms with van der Waals surface area (Å²) in [5.41, 5.74) is 0.997. The summed E-state index contributed by atoms with van der Waals surface area (Å²) in [6.45, 7) is 0.474. The van der Waals surface area contributed by atoms with Crippen molar-refractivity contribution < 1.29 is 9.53 Å². The number of nitrogens with one attached hydrogen (secondary N) is 2. The molecule has 3 aromatic rings. The summed E-state index contributed by atoms with van der Waals surface area (Å²) in [6.07, 6.45) is 2.34. The lowest BCUT2D eigenvalue weighted by atomic mass is 10.1. The molecule has 1 amide bonds. The number of carbonyl (C=O) groups excluding carboxylic acids is 1. The van der Waals surface area contributed by atoms with E-state index in [9.17, 15) is 9.59 Å². The predicted octanol–water partition coefficient (Wildman–Crippen LogP) is 2.27. The summed E-state index contributed by atoms with van der Waals surface area (Å²) in [6, 6.07) is 16.9. The summed E-state index contributed by atoms with van der Waals surface area (Å²) in [4.78, 5) is 26.3. The van der Waals surface area contributed by atoms with Gasteiger partial charge in [-0.25, -0.2) is 0 Å². The van der Waals surface area contributed by atoms with Gasteiger partial charge in [0, 0.05) is 18.1 Å². The first kappa shape index (κ1) is 15.8. The van der Waals surface area contributed by atoms with E-state index in [1.807, 2.05) is 30.3 Å². The SMILES string of the molecule is O=C(COc1cccc2c(=O)[nH]ccc12)NCCc1ccccc1. The second kappa shape index (κ2) is 7.46. The number of ether oxygens (including phenoxy) is 1. The third-order valence-electron chi connectivity index (χ3n) is 3.71. The first-order valence-electron chi connectivity index (χ1n) is 7.78. The van der Waals surface area contributed by atoms with E-state index in [4.69, 9.17) is 4.74 Å². The minimum absolute atomic E-state index is 0.0826. The number of benzene rings is 2. The molecule has 0 fully saturated rings. The zero-order chi connectivity index (χ0) is 16.8. The highest BCUT2D eigenvalue weighted by Crippen LogP contribution is 2.22. The molecule has 122 valence electrons. The quantitative estimate of drug-likeness (QED) is 0.731. The average molecular weight is 322 g/mol. The van der Waals surface area contributed by atoms with E-state index in [-0.39, 0.29) is 18.1 Å². The summed E-state index contributed by atoms with van der Waals surface area (Å²) in [5, 5.41) is 4.06. The van der Waals surface area contributed by atoms with Gasteiger partial charge in [-0.1, -0.05) is 36.4 Å². The van der Waals surface area contributed by atoms with Crippen molar-refractivity contribution in [3.8, 4) is 5.75 Å². The molecule has 0 saturated heterocycles. The van der Waals surface area contributed by atoms with Crippen molar-refractivity contribution >= 4 is 16.7 Å². The number of H-pyrrole nitrogens is 1. The summed E-state index contributed by atoms with van der Waals surface area (Å²) in [5.74, 6) is 0.338. The van der Waals surface area contributed by atoms with Crippen LogP contribution in [0.5, 0.6) is 5.75 Å². The van der Waals surface area contributed by atoms with E-state index < -0.39 is 0 Å². The summed E-state index contributed by atoms with van der Waals surface area (Å²) < 4.78 is 5.57. The van der Waals surface area contributed by atoms with Crippen molar-refractivity contribution in [2.75, 3.05) is 13.2 Å². The van der Waals surface area contributed by atoms with Crippen LogP contribution in [0.15, 0.2) is 65.6 Å². The number of carbonyl (C=O) groups is 1. The largest absolute Gasteiger partial charge is 0.483 e. The van der Waals surface area contributed by atoms with E-state index in [0.717, 1.165) is 6.42 Å². The Hall–Kier alpha value is -3.08. The molecule has 0 saturated carbocycles. The lowest BCUT2D eigenvalue weighted by Crippen LogP contribution is -2.30. The Morgan fingerprint density at radius 3 is 2.67 bits per heavy atom. The lowest BCUT2D eigenvalue weighted by Gasteiger charge is -2.09. The van der Waals surface area contributed by atoms with Crippen LogP contribution in [0, 0.1) is 0 Å². The number of hydrogen-bond donors (Lipinski definition) is 2. The molecule has 0 atom stereocenters. The monoisotopic (exact) mass is 322 g/mol. The number of fused-ring (bicyclic) bond motifs is 1. The van der Waals surface area contributed by atoms with Gasteiger partial charge < -0.3 is 15.0 Å². The van der Waals surface area contributed by atoms with E-state index >= 15 is 0 Å². The second-order valence-electron chi connectivity index (χ2n) is 5.40. The normalized spacial score (nSPS) is 10.5. The van der Waals surface area contributed by atoms with Crippen LogP contribution < -0.4 is 15.6 Å². The van der Waals surface area contributed by atoms with Crippen molar-refractivity contribution in [2.24, 2.45) is 0 Å². The van der Waals surface area contributed by atoms with Crippen LogP contribution in [0.25, 0.3) is 10.8 Å². The van der Waals surface area contributed by atoms with Crippen molar-refractivity contribution in [2.45, 2.75) is 6.42 Å². The molecule has 3 rings (SSSR count). The van der Waals surface area contributed by atoms with E-state index in [1.165, 1.54) is 5.56 Å². The number of aromatic amines is 1. The van der Waals surface area contributed by atoms with Gasteiger partial charge in [0.15, 0.2) is 6.61 Å². The number of rotatable bonds is 6. The highest BCUT2D eigenvalue weighted by Gasteiger charge is 2.07. The second-order valence-corrected chi connectivity index (χ2v) is 5.40. The van der Waals surface area contributed by atoms with Gasteiger partial charge in [-0.15, -0.1) is 0 Å². The molecule has 0 spiro atoms. The maximum absolute atomic E-state index is 11.9. The Bertz CT molecular complexity index is 888. The van der Waals surface area contributed by atoms with Gasteiger partial charge in [0.05, 0.1) is 5.39 Å². The van der Waals surface area contributed by atoms with Gasteiger partial charge in [0.25, 0.3) is 11.5 Å². The molecule has 24 heavy (non-hydrogen) atoms. The maximum atomic E-state index is 11.9. The number of amides is 1. The van der Waals surface area contributed by atoms with E-state index in [2.05, 4.69) is 10.3 Å². The zero-order valence-electron chi connectivity index (χ0n) is 13.1. The number of hydrogen-bond acceptors (Lipinski definition) is 3. The third kappa shape index (κ3) is 3.81. The fourth-order valence-corrected chi connectivity index (χ4v) is 2.50. The van der Waals surface area contributed by atoms with E-state index in [0.29, 0.717) is 23.1 Å². The molecule has 0 radical (unpaired) electrons. The molecule has 1 heterocycles. The predicted molar refractivity (Wildman–Crippen MR) is 93.2 cm³/mol. The molecular weight excluding hydrogens is 304 g/mol. The Morgan fingerprint density at radius 1 is 1.00 bits per heavy atom. The minimum atomic E-state index is -0.187. The van der Waals surface area contributed by atoms with Crippen molar-refractivity contribution in [3.05, 3.63) is 76.7 Å². The third-order valence-corrected chi connectivity index (χ3v) is 3.71. The van der Waals surface area contributed by atoms with Crippen LogP contribution in [-0.2, 0) is 11.2 Å². The molecular formula is C19H18N2O3. The van der Waals surface area contributed by atoms with Gasteiger partial charge in [-0.3, -0.25) is 9.59 Å². The van der Waals surface area contributed by atoms with Crippen molar-refractivity contribution in [3.63, 3.8) is 0 Å². The average Bonchev–Trinajstić information content (AvgIpc) is 2.61. The van der Waals surface area contributed by atoms with Gasteiger partial charge in [0.1, 0.15) is 5.75 Å². The van der Waals surface area contributed by atoms with Crippen LogP contribution in [-0.4, -0.2) is 24.0 Å². The highest BCUT2D eigenvalue weighted by atomic mass is 16.5. The van der Waals surface area contributed by atoms with Crippen LogP contribution >= 0.6 is 0 Å². The van der Waals surface area contributed by atoms with Gasteiger partial charge in [-0.2, -0.15) is 0 Å². The Labute approximate surface area is 139 Å². The van der Waals surface area contributed by atoms with Crippen LogP contribution in [0.2, 0.25) is 0 Å².